The van der Waals surface area contributed by atoms with Crippen molar-refractivity contribution in [1.82, 2.24) is 19.9 Å². The third kappa shape index (κ3) is 4.18. The monoisotopic (exact) mass is 450 g/mol. The summed E-state index contributed by atoms with van der Waals surface area (Å²) in [6, 6.07) is 8.32. The van der Waals surface area contributed by atoms with Gasteiger partial charge in [0.1, 0.15) is 11.6 Å². The number of nitrogens with zero attached hydrogens (tertiary/aromatic N) is 2. The Hall–Kier alpha value is -3.39. The van der Waals surface area contributed by atoms with Crippen molar-refractivity contribution in [3.8, 4) is 11.5 Å². The van der Waals surface area contributed by atoms with Crippen LogP contribution in [-0.2, 0) is 6.42 Å². The molecule has 1 aliphatic heterocycles. The first-order valence-electron chi connectivity index (χ1n) is 11.2. The number of H-pyrrole nitrogens is 2. The highest BCUT2D eigenvalue weighted by molar-refractivity contribution is 5.83. The van der Waals surface area contributed by atoms with E-state index in [4.69, 9.17) is 14.5 Å². The van der Waals surface area contributed by atoms with Crippen molar-refractivity contribution < 1.29 is 13.9 Å². The van der Waals surface area contributed by atoms with Crippen LogP contribution in [0, 0.1) is 5.82 Å². The smallest absolute Gasteiger partial charge is 0.258 e. The number of fused-ring (bicyclic) bond motifs is 2. The van der Waals surface area contributed by atoms with E-state index < -0.39 is 0 Å². The van der Waals surface area contributed by atoms with Crippen LogP contribution in [0.2, 0.25) is 0 Å². The lowest BCUT2D eigenvalue weighted by Crippen LogP contribution is -2.35. The van der Waals surface area contributed by atoms with E-state index in [1.54, 1.807) is 26.4 Å². The average Bonchev–Trinajstić information content (AvgIpc) is 3.24. The third-order valence-electron chi connectivity index (χ3n) is 6.63. The minimum Gasteiger partial charge on any atom is -0.493 e. The predicted octanol–water partition coefficient (Wildman–Crippen LogP) is 3.98. The van der Waals surface area contributed by atoms with Gasteiger partial charge in [-0.1, -0.05) is 0 Å². The molecular formula is C25H27FN4O3. The Balaban J connectivity index is 1.26. The van der Waals surface area contributed by atoms with Gasteiger partial charge >= 0.3 is 0 Å². The maximum absolute atomic E-state index is 13.4. The van der Waals surface area contributed by atoms with Gasteiger partial charge in [-0.15, -0.1) is 0 Å². The van der Waals surface area contributed by atoms with E-state index in [0.717, 1.165) is 55.6 Å². The minimum atomic E-state index is -0.226. The molecule has 2 aromatic carbocycles. The molecule has 1 saturated heterocycles. The number of methoxy groups -OCH3 is 2. The molecule has 3 heterocycles. The number of rotatable bonds is 6. The van der Waals surface area contributed by atoms with Gasteiger partial charge in [-0.25, -0.2) is 9.37 Å². The zero-order chi connectivity index (χ0) is 22.9. The second-order valence-electron chi connectivity index (χ2n) is 8.55. The van der Waals surface area contributed by atoms with Crippen molar-refractivity contribution in [3.63, 3.8) is 0 Å². The Morgan fingerprint density at radius 2 is 1.85 bits per heavy atom. The Morgan fingerprint density at radius 3 is 2.61 bits per heavy atom. The van der Waals surface area contributed by atoms with E-state index in [-0.39, 0.29) is 17.3 Å². The zero-order valence-electron chi connectivity index (χ0n) is 18.8. The lowest BCUT2D eigenvalue weighted by Gasteiger charge is -2.31. The Labute approximate surface area is 190 Å². The molecular weight excluding hydrogens is 423 g/mol. The molecule has 2 N–H and O–H groups in total. The van der Waals surface area contributed by atoms with Gasteiger partial charge in [0.15, 0.2) is 11.5 Å². The number of aromatic nitrogens is 3. The molecule has 4 aromatic rings. The molecule has 0 radical (unpaired) electrons. The van der Waals surface area contributed by atoms with E-state index >= 15 is 0 Å². The van der Waals surface area contributed by atoms with Gasteiger partial charge in [0.2, 0.25) is 0 Å². The van der Waals surface area contributed by atoms with Crippen LogP contribution < -0.4 is 15.0 Å². The summed E-state index contributed by atoms with van der Waals surface area (Å²) in [7, 11) is 3.12. The molecule has 0 amide bonds. The van der Waals surface area contributed by atoms with E-state index in [1.165, 1.54) is 17.7 Å². The Kier molecular flexibility index (Phi) is 5.76. The average molecular weight is 451 g/mol. The van der Waals surface area contributed by atoms with Crippen LogP contribution in [0.1, 0.15) is 30.1 Å². The highest BCUT2D eigenvalue weighted by Gasteiger charge is 2.23. The fourth-order valence-corrected chi connectivity index (χ4v) is 4.75. The molecule has 0 saturated carbocycles. The van der Waals surface area contributed by atoms with Crippen molar-refractivity contribution >= 4 is 21.8 Å². The molecule has 8 heteroatoms. The number of ether oxygens (including phenoxy) is 2. The van der Waals surface area contributed by atoms with Crippen molar-refractivity contribution in [2.45, 2.75) is 25.2 Å². The number of piperidine rings is 1. The van der Waals surface area contributed by atoms with Gasteiger partial charge in [-0.2, -0.15) is 0 Å². The van der Waals surface area contributed by atoms with Crippen LogP contribution in [0.5, 0.6) is 11.5 Å². The van der Waals surface area contributed by atoms with Gasteiger partial charge in [-0.05, 0) is 62.2 Å². The highest BCUT2D eigenvalue weighted by atomic mass is 19.1. The zero-order valence-corrected chi connectivity index (χ0v) is 18.8. The number of hydrogen-bond acceptors (Lipinski definition) is 5. The molecule has 0 atom stereocenters. The van der Waals surface area contributed by atoms with Gasteiger partial charge in [-0.3, -0.25) is 4.79 Å². The van der Waals surface area contributed by atoms with E-state index in [0.29, 0.717) is 22.4 Å². The molecule has 1 fully saturated rings. The molecule has 2 aromatic heterocycles. The predicted molar refractivity (Wildman–Crippen MR) is 126 cm³/mol. The maximum Gasteiger partial charge on any atom is 0.258 e. The number of aromatic amines is 2. The molecule has 7 nitrogen and oxygen atoms in total. The largest absolute Gasteiger partial charge is 0.493 e. The van der Waals surface area contributed by atoms with Crippen molar-refractivity contribution in [3.05, 3.63) is 64.1 Å². The Morgan fingerprint density at radius 1 is 1.09 bits per heavy atom. The third-order valence-corrected chi connectivity index (χ3v) is 6.63. The summed E-state index contributed by atoms with van der Waals surface area (Å²) in [6.45, 7) is 2.82. The van der Waals surface area contributed by atoms with Gasteiger partial charge in [0, 0.05) is 35.6 Å². The van der Waals surface area contributed by atoms with E-state index in [9.17, 15) is 9.18 Å². The standard InChI is InChI=1S/C25H27FN4O3/c1-32-22-12-19-21(13-23(22)33-2)28-24(29-25(19)31)15-5-8-30(9-6-15)10-7-16-14-27-20-11-17(26)3-4-18(16)20/h3-4,11-15,27H,5-10H2,1-2H3,(H,28,29,31). The van der Waals surface area contributed by atoms with E-state index in [1.807, 2.05) is 12.3 Å². The van der Waals surface area contributed by atoms with Crippen LogP contribution in [-0.4, -0.2) is 53.7 Å². The highest BCUT2D eigenvalue weighted by Crippen LogP contribution is 2.32. The lowest BCUT2D eigenvalue weighted by molar-refractivity contribution is 0.211. The molecule has 33 heavy (non-hydrogen) atoms. The number of hydrogen-bond donors (Lipinski definition) is 2. The topological polar surface area (TPSA) is 83.2 Å². The summed E-state index contributed by atoms with van der Waals surface area (Å²) in [4.78, 5) is 26.0. The molecule has 0 unspecified atom stereocenters. The molecule has 0 spiro atoms. The fourth-order valence-electron chi connectivity index (χ4n) is 4.75. The summed E-state index contributed by atoms with van der Waals surface area (Å²) in [5, 5.41) is 1.57. The molecule has 172 valence electrons. The summed E-state index contributed by atoms with van der Waals surface area (Å²) in [5.41, 5.74) is 2.50. The van der Waals surface area contributed by atoms with Crippen molar-refractivity contribution in [2.75, 3.05) is 33.9 Å². The van der Waals surface area contributed by atoms with Crippen LogP contribution in [0.15, 0.2) is 41.3 Å². The second-order valence-corrected chi connectivity index (χ2v) is 8.55. The number of likely N-dealkylation sites (tertiary alicyclic amines) is 1. The lowest BCUT2D eigenvalue weighted by atomic mass is 9.95. The first-order chi connectivity index (χ1) is 16.1. The minimum absolute atomic E-state index is 0.158. The molecule has 0 aliphatic carbocycles. The summed E-state index contributed by atoms with van der Waals surface area (Å²) < 4.78 is 24.1. The first kappa shape index (κ1) is 21.5. The quantitative estimate of drug-likeness (QED) is 0.464. The number of benzene rings is 2. The van der Waals surface area contributed by atoms with Crippen LogP contribution >= 0.6 is 0 Å². The summed E-state index contributed by atoms with van der Waals surface area (Å²) >= 11 is 0. The number of halogens is 1. The SMILES string of the molecule is COc1cc2nc(C3CCN(CCc4c[nH]c5cc(F)ccc45)CC3)[nH]c(=O)c2cc1OC. The van der Waals surface area contributed by atoms with Crippen LogP contribution in [0.3, 0.4) is 0 Å². The Bertz CT molecular complexity index is 1360. The fraction of sp³-hybridized carbons (Fsp3) is 0.360. The molecule has 0 bridgehead atoms. The van der Waals surface area contributed by atoms with Crippen molar-refractivity contribution in [2.24, 2.45) is 0 Å². The summed E-state index contributed by atoms with van der Waals surface area (Å²) in [6.07, 6.45) is 4.74. The van der Waals surface area contributed by atoms with Gasteiger partial charge in [0.05, 0.1) is 25.1 Å². The first-order valence-corrected chi connectivity index (χ1v) is 11.2. The maximum atomic E-state index is 13.4. The van der Waals surface area contributed by atoms with Crippen LogP contribution in [0.4, 0.5) is 4.39 Å². The molecule has 5 rings (SSSR count). The number of nitrogens with one attached hydrogen (secondary N) is 2. The normalized spacial score (nSPS) is 15.4. The van der Waals surface area contributed by atoms with E-state index in [2.05, 4.69) is 14.9 Å². The van der Waals surface area contributed by atoms with Gasteiger partial charge < -0.3 is 24.3 Å². The molecule has 1 aliphatic rings. The van der Waals surface area contributed by atoms with Crippen LogP contribution in [0.25, 0.3) is 21.8 Å². The van der Waals surface area contributed by atoms with Crippen molar-refractivity contribution in [1.29, 1.82) is 0 Å². The summed E-state index contributed by atoms with van der Waals surface area (Å²) in [5.74, 6) is 1.79. The van der Waals surface area contributed by atoms with Gasteiger partial charge in [0.25, 0.3) is 5.56 Å². The second kappa shape index (κ2) is 8.86.